The molecule has 2 unspecified atom stereocenters. The summed E-state index contributed by atoms with van der Waals surface area (Å²) in [5.74, 6) is 0.768. The first-order valence-corrected chi connectivity index (χ1v) is 9.90. The molecule has 0 radical (unpaired) electrons. The van der Waals surface area contributed by atoms with E-state index in [-0.39, 0.29) is 15.8 Å². The number of hydrogen-bond acceptors (Lipinski definition) is 6. The molecule has 4 nitrogen and oxygen atoms in total. The van der Waals surface area contributed by atoms with Crippen molar-refractivity contribution in [3.63, 3.8) is 0 Å². The summed E-state index contributed by atoms with van der Waals surface area (Å²) in [5.41, 5.74) is 6.36. The second-order valence-corrected chi connectivity index (χ2v) is 8.42. The van der Waals surface area contributed by atoms with E-state index in [9.17, 15) is 13.2 Å². The fourth-order valence-corrected chi connectivity index (χ4v) is 5.42. The number of fused-ring (bicyclic) bond motifs is 1. The molecule has 9 heteroatoms. The molecular formula is C17H18F3N3OS2. The van der Waals surface area contributed by atoms with Gasteiger partial charge in [0.2, 0.25) is 0 Å². The maximum Gasteiger partial charge on any atom is 0.416 e. The molecule has 3 rings (SSSR count). The van der Waals surface area contributed by atoms with Crippen LogP contribution in [0.3, 0.4) is 0 Å². The van der Waals surface area contributed by atoms with E-state index in [1.165, 1.54) is 18.0 Å². The molecule has 2 N–H and O–H groups in total. The Hall–Kier alpha value is -1.29. The van der Waals surface area contributed by atoms with Gasteiger partial charge in [0.05, 0.1) is 21.9 Å². The normalized spacial score (nSPS) is 19.6. The van der Waals surface area contributed by atoms with Crippen LogP contribution in [0.5, 0.6) is 0 Å². The van der Waals surface area contributed by atoms with Crippen molar-refractivity contribution >= 4 is 23.5 Å². The van der Waals surface area contributed by atoms with Crippen molar-refractivity contribution in [1.29, 1.82) is 0 Å². The number of pyridine rings is 2. The number of aromatic nitrogens is 2. The highest BCUT2D eigenvalue weighted by atomic mass is 32.2. The molecule has 0 aromatic carbocycles. The van der Waals surface area contributed by atoms with E-state index in [1.807, 2.05) is 0 Å². The minimum atomic E-state index is -4.49. The fourth-order valence-electron chi connectivity index (χ4n) is 2.70. The number of rotatable bonds is 6. The van der Waals surface area contributed by atoms with Gasteiger partial charge < -0.3 is 10.5 Å². The van der Waals surface area contributed by atoms with Crippen LogP contribution in [0.4, 0.5) is 13.2 Å². The molecule has 2 aromatic heterocycles. The molecule has 1 aliphatic rings. The average molecular weight is 401 g/mol. The van der Waals surface area contributed by atoms with Gasteiger partial charge in [0.15, 0.2) is 0 Å². The third-order valence-electron chi connectivity index (χ3n) is 3.92. The summed E-state index contributed by atoms with van der Waals surface area (Å²) in [7, 11) is 1.62. The third kappa shape index (κ3) is 4.16. The van der Waals surface area contributed by atoms with Gasteiger partial charge in [-0.3, -0.25) is 4.98 Å². The van der Waals surface area contributed by atoms with E-state index in [4.69, 9.17) is 10.5 Å². The van der Waals surface area contributed by atoms with E-state index in [0.717, 1.165) is 18.2 Å². The number of hydrogen-bond donors (Lipinski definition) is 1. The second kappa shape index (κ2) is 8.16. The number of alkyl halides is 3. The molecule has 3 heterocycles. The first kappa shape index (κ1) is 19.5. The zero-order valence-corrected chi connectivity index (χ0v) is 15.6. The number of nitrogens with two attached hydrogens (primary N) is 1. The first-order valence-electron chi connectivity index (χ1n) is 7.97. The van der Waals surface area contributed by atoms with Crippen LogP contribution in [0.15, 0.2) is 35.6 Å². The lowest BCUT2D eigenvalue weighted by atomic mass is 10.0. The predicted molar refractivity (Wildman–Crippen MR) is 98.0 cm³/mol. The minimum Gasteiger partial charge on any atom is -0.385 e. The summed E-state index contributed by atoms with van der Waals surface area (Å²) in [6.07, 6.45) is -0.593. The lowest BCUT2D eigenvalue weighted by molar-refractivity contribution is -0.138. The maximum atomic E-state index is 13.7. The van der Waals surface area contributed by atoms with Gasteiger partial charge in [0.1, 0.15) is 5.03 Å². The molecule has 2 aromatic rings. The summed E-state index contributed by atoms with van der Waals surface area (Å²) in [6.45, 7) is 0.615. The van der Waals surface area contributed by atoms with Crippen LogP contribution >= 0.6 is 23.5 Å². The van der Waals surface area contributed by atoms with Crippen molar-refractivity contribution in [3.05, 3.63) is 41.7 Å². The molecule has 0 saturated heterocycles. The minimum absolute atomic E-state index is 0.0966. The van der Waals surface area contributed by atoms with Gasteiger partial charge in [-0.2, -0.15) is 13.2 Å². The Morgan fingerprint density at radius 1 is 1.38 bits per heavy atom. The van der Waals surface area contributed by atoms with Gasteiger partial charge in [-0.1, -0.05) is 11.8 Å². The van der Waals surface area contributed by atoms with Crippen molar-refractivity contribution in [3.8, 4) is 11.3 Å². The van der Waals surface area contributed by atoms with E-state index in [0.29, 0.717) is 17.2 Å². The Bertz CT molecular complexity index is 759. The maximum absolute atomic E-state index is 13.7. The zero-order valence-electron chi connectivity index (χ0n) is 14.0. The standard InChI is InChI=1S/C17H18F3N3OS2/c1-24-6-3-7-25-16-14(21)13-11(17(18,19)20)8-12(23-15(13)26-16)10-4-2-5-22-9-10/h2,4-5,8-9,14,16H,3,6-7,21H2,1H3. The molecule has 2 atom stereocenters. The van der Waals surface area contributed by atoms with E-state index in [1.54, 1.807) is 37.2 Å². The molecule has 0 bridgehead atoms. The van der Waals surface area contributed by atoms with Gasteiger partial charge in [0, 0.05) is 37.2 Å². The van der Waals surface area contributed by atoms with Gasteiger partial charge in [0.25, 0.3) is 0 Å². The monoisotopic (exact) mass is 401 g/mol. The molecule has 0 spiro atoms. The van der Waals surface area contributed by atoms with Crippen LogP contribution in [0.25, 0.3) is 11.3 Å². The summed E-state index contributed by atoms with van der Waals surface area (Å²) in [5, 5.41) is 0.357. The Morgan fingerprint density at radius 3 is 2.85 bits per heavy atom. The molecular weight excluding hydrogens is 383 g/mol. The van der Waals surface area contributed by atoms with Gasteiger partial charge in [-0.05, 0) is 30.4 Å². The highest BCUT2D eigenvalue weighted by molar-refractivity contribution is 8.17. The Morgan fingerprint density at radius 2 is 2.19 bits per heavy atom. The number of methoxy groups -OCH3 is 1. The van der Waals surface area contributed by atoms with Crippen LogP contribution in [-0.4, -0.2) is 34.0 Å². The molecule has 0 amide bonds. The summed E-state index contributed by atoms with van der Waals surface area (Å²) >= 11 is 2.85. The van der Waals surface area contributed by atoms with Crippen LogP contribution in [-0.2, 0) is 10.9 Å². The fraction of sp³-hybridized carbons (Fsp3) is 0.412. The highest BCUT2D eigenvalue weighted by Gasteiger charge is 2.43. The van der Waals surface area contributed by atoms with E-state index in [2.05, 4.69) is 9.97 Å². The topological polar surface area (TPSA) is 61.0 Å². The van der Waals surface area contributed by atoms with Crippen molar-refractivity contribution in [1.82, 2.24) is 9.97 Å². The van der Waals surface area contributed by atoms with Crippen LogP contribution in [0.1, 0.15) is 23.6 Å². The zero-order chi connectivity index (χ0) is 18.7. The van der Waals surface area contributed by atoms with Crippen LogP contribution < -0.4 is 5.73 Å². The molecule has 0 aliphatic carbocycles. The molecule has 1 aliphatic heterocycles. The van der Waals surface area contributed by atoms with Crippen molar-refractivity contribution in [2.45, 2.75) is 28.2 Å². The molecule has 26 heavy (non-hydrogen) atoms. The quantitative estimate of drug-likeness (QED) is 0.726. The summed E-state index contributed by atoms with van der Waals surface area (Å²) < 4.78 is 45.8. The predicted octanol–water partition coefficient (Wildman–Crippen LogP) is 4.36. The number of ether oxygens (including phenoxy) is 1. The van der Waals surface area contributed by atoms with Crippen molar-refractivity contribution in [2.24, 2.45) is 5.73 Å². The average Bonchev–Trinajstić information content (AvgIpc) is 2.94. The number of halogens is 3. The summed E-state index contributed by atoms with van der Waals surface area (Å²) in [6, 6.07) is 3.73. The second-order valence-electron chi connectivity index (χ2n) is 5.74. The van der Waals surface area contributed by atoms with Gasteiger partial charge in [-0.15, -0.1) is 11.8 Å². The molecule has 0 saturated carbocycles. The van der Waals surface area contributed by atoms with Crippen LogP contribution in [0.2, 0.25) is 0 Å². The third-order valence-corrected chi connectivity index (χ3v) is 6.82. The first-order chi connectivity index (χ1) is 12.4. The van der Waals surface area contributed by atoms with E-state index < -0.39 is 17.8 Å². The molecule has 140 valence electrons. The number of nitrogens with zero attached hydrogens (tertiary/aromatic N) is 2. The van der Waals surface area contributed by atoms with Crippen molar-refractivity contribution < 1.29 is 17.9 Å². The van der Waals surface area contributed by atoms with Crippen molar-refractivity contribution in [2.75, 3.05) is 19.5 Å². The Labute approximate surface area is 158 Å². The Balaban J connectivity index is 1.94. The molecule has 0 fully saturated rings. The van der Waals surface area contributed by atoms with Gasteiger partial charge in [-0.25, -0.2) is 4.98 Å². The van der Waals surface area contributed by atoms with Crippen LogP contribution in [0, 0.1) is 0 Å². The van der Waals surface area contributed by atoms with Gasteiger partial charge >= 0.3 is 6.18 Å². The lowest BCUT2D eigenvalue weighted by Crippen LogP contribution is -2.21. The number of thioether (sulfide) groups is 2. The Kier molecular flexibility index (Phi) is 6.11. The SMILES string of the molecule is COCCCSC1Sc2nc(-c3cccnc3)cc(C(F)(F)F)c2C1N. The highest BCUT2D eigenvalue weighted by Crippen LogP contribution is 2.51. The summed E-state index contributed by atoms with van der Waals surface area (Å²) in [4.78, 5) is 8.41. The lowest BCUT2D eigenvalue weighted by Gasteiger charge is -2.18. The largest absolute Gasteiger partial charge is 0.416 e. The van der Waals surface area contributed by atoms with E-state index >= 15 is 0 Å². The smallest absolute Gasteiger partial charge is 0.385 e.